The van der Waals surface area contributed by atoms with Gasteiger partial charge in [0.25, 0.3) is 0 Å². The van der Waals surface area contributed by atoms with Crippen LogP contribution >= 0.6 is 0 Å². The van der Waals surface area contributed by atoms with Crippen LogP contribution in [0.2, 0.25) is 0 Å². The number of morpholine rings is 1. The third kappa shape index (κ3) is 4.40. The first-order valence-corrected chi connectivity index (χ1v) is 5.09. The Bertz CT molecular complexity index is 224. The van der Waals surface area contributed by atoms with Crippen molar-refractivity contribution < 1.29 is 4.74 Å². The van der Waals surface area contributed by atoms with Crippen molar-refractivity contribution in [3.63, 3.8) is 0 Å². The van der Waals surface area contributed by atoms with Gasteiger partial charge in [0.05, 0.1) is 13.2 Å². The zero-order chi connectivity index (χ0) is 10.2. The Kier molecular flexibility index (Phi) is 5.27. The van der Waals surface area contributed by atoms with E-state index >= 15 is 0 Å². The topological polar surface area (TPSA) is 12.5 Å². The van der Waals surface area contributed by atoms with E-state index in [1.165, 1.54) is 5.57 Å². The summed E-state index contributed by atoms with van der Waals surface area (Å²) in [6.45, 7) is 10.6. The summed E-state index contributed by atoms with van der Waals surface area (Å²) < 4.78 is 5.28. The minimum absolute atomic E-state index is 0.870. The molecule has 0 aromatic heterocycles. The predicted molar refractivity (Wildman–Crippen MR) is 60.4 cm³/mol. The molecule has 2 heteroatoms. The SMILES string of the molecule is C=C/C=C(C)\C=C/CN1CCOCC1. The van der Waals surface area contributed by atoms with Crippen LogP contribution in [0, 0.1) is 0 Å². The van der Waals surface area contributed by atoms with Crippen molar-refractivity contribution in [1.29, 1.82) is 0 Å². The van der Waals surface area contributed by atoms with Crippen LogP contribution in [0.1, 0.15) is 6.92 Å². The van der Waals surface area contributed by atoms with E-state index in [0.29, 0.717) is 0 Å². The molecule has 14 heavy (non-hydrogen) atoms. The highest BCUT2D eigenvalue weighted by Crippen LogP contribution is 1.99. The third-order valence-electron chi connectivity index (χ3n) is 2.23. The second kappa shape index (κ2) is 6.57. The number of allylic oxidation sites excluding steroid dienone is 4. The molecule has 1 aliphatic heterocycles. The van der Waals surface area contributed by atoms with Gasteiger partial charge in [-0.05, 0) is 6.92 Å². The standard InChI is InChI=1S/C12H19NO/c1-3-5-12(2)6-4-7-13-8-10-14-11-9-13/h3-6H,1,7-11H2,2H3/b6-4-,12-5-. The van der Waals surface area contributed by atoms with Gasteiger partial charge in [-0.2, -0.15) is 0 Å². The van der Waals surface area contributed by atoms with Crippen molar-refractivity contribution >= 4 is 0 Å². The third-order valence-corrected chi connectivity index (χ3v) is 2.23. The molecule has 0 atom stereocenters. The van der Waals surface area contributed by atoms with Crippen molar-refractivity contribution in [3.8, 4) is 0 Å². The van der Waals surface area contributed by atoms with Gasteiger partial charge < -0.3 is 4.74 Å². The summed E-state index contributed by atoms with van der Waals surface area (Å²) in [5.41, 5.74) is 1.24. The smallest absolute Gasteiger partial charge is 0.0594 e. The molecular formula is C12H19NO. The second-order valence-corrected chi connectivity index (χ2v) is 3.46. The molecule has 0 amide bonds. The van der Waals surface area contributed by atoms with Crippen LogP contribution < -0.4 is 0 Å². The number of hydrogen-bond acceptors (Lipinski definition) is 2. The monoisotopic (exact) mass is 193 g/mol. The fourth-order valence-electron chi connectivity index (χ4n) is 1.41. The van der Waals surface area contributed by atoms with Crippen LogP contribution in [0.5, 0.6) is 0 Å². The molecule has 1 rings (SSSR count). The largest absolute Gasteiger partial charge is 0.379 e. The number of rotatable bonds is 4. The van der Waals surface area contributed by atoms with E-state index < -0.39 is 0 Å². The molecule has 0 aliphatic carbocycles. The zero-order valence-electron chi connectivity index (χ0n) is 8.91. The van der Waals surface area contributed by atoms with Gasteiger partial charge in [-0.3, -0.25) is 4.90 Å². The van der Waals surface area contributed by atoms with Crippen LogP contribution in [0.4, 0.5) is 0 Å². The van der Waals surface area contributed by atoms with Crippen LogP contribution in [-0.4, -0.2) is 37.7 Å². The summed E-state index contributed by atoms with van der Waals surface area (Å²) in [7, 11) is 0. The maximum absolute atomic E-state index is 5.28. The van der Waals surface area contributed by atoms with E-state index in [-0.39, 0.29) is 0 Å². The van der Waals surface area contributed by atoms with Gasteiger partial charge in [-0.25, -0.2) is 0 Å². The van der Waals surface area contributed by atoms with E-state index in [2.05, 4.69) is 30.6 Å². The average Bonchev–Trinajstić information content (AvgIpc) is 2.20. The second-order valence-electron chi connectivity index (χ2n) is 3.46. The summed E-state index contributed by atoms with van der Waals surface area (Å²) >= 11 is 0. The fraction of sp³-hybridized carbons (Fsp3) is 0.500. The van der Waals surface area contributed by atoms with E-state index in [9.17, 15) is 0 Å². The van der Waals surface area contributed by atoms with Gasteiger partial charge in [0.2, 0.25) is 0 Å². The molecule has 0 unspecified atom stereocenters. The molecule has 0 bridgehead atoms. The van der Waals surface area contributed by atoms with Crippen molar-refractivity contribution in [3.05, 3.63) is 36.5 Å². The predicted octanol–water partition coefficient (Wildman–Crippen LogP) is 2.01. The highest BCUT2D eigenvalue weighted by atomic mass is 16.5. The Labute approximate surface area is 86.6 Å². The Morgan fingerprint density at radius 3 is 2.79 bits per heavy atom. The van der Waals surface area contributed by atoms with Crippen molar-refractivity contribution in [2.75, 3.05) is 32.8 Å². The van der Waals surface area contributed by atoms with Crippen molar-refractivity contribution in [1.82, 2.24) is 4.90 Å². The minimum Gasteiger partial charge on any atom is -0.379 e. The van der Waals surface area contributed by atoms with Crippen LogP contribution in [-0.2, 0) is 4.74 Å². The maximum Gasteiger partial charge on any atom is 0.0594 e. The summed E-state index contributed by atoms with van der Waals surface area (Å²) in [5.74, 6) is 0. The molecular weight excluding hydrogens is 174 g/mol. The first-order valence-electron chi connectivity index (χ1n) is 5.09. The lowest BCUT2D eigenvalue weighted by Crippen LogP contribution is -2.36. The van der Waals surface area contributed by atoms with Crippen LogP contribution in [0.3, 0.4) is 0 Å². The maximum atomic E-state index is 5.28. The highest BCUT2D eigenvalue weighted by molar-refractivity contribution is 5.20. The molecule has 1 fully saturated rings. The quantitative estimate of drug-likeness (QED) is 0.633. The molecule has 0 aromatic carbocycles. The lowest BCUT2D eigenvalue weighted by Gasteiger charge is -2.25. The molecule has 0 saturated carbocycles. The highest BCUT2D eigenvalue weighted by Gasteiger charge is 2.07. The Hall–Kier alpha value is -0.860. The van der Waals surface area contributed by atoms with Gasteiger partial charge in [-0.15, -0.1) is 0 Å². The van der Waals surface area contributed by atoms with Gasteiger partial charge in [0.15, 0.2) is 0 Å². The van der Waals surface area contributed by atoms with Gasteiger partial charge in [0.1, 0.15) is 0 Å². The lowest BCUT2D eigenvalue weighted by atomic mass is 10.2. The summed E-state index contributed by atoms with van der Waals surface area (Å²) in [5, 5.41) is 0. The summed E-state index contributed by atoms with van der Waals surface area (Å²) in [6, 6.07) is 0. The molecule has 0 spiro atoms. The Balaban J connectivity index is 2.24. The number of nitrogens with zero attached hydrogens (tertiary/aromatic N) is 1. The van der Waals surface area contributed by atoms with Crippen molar-refractivity contribution in [2.24, 2.45) is 0 Å². The molecule has 1 saturated heterocycles. The number of ether oxygens (including phenoxy) is 1. The summed E-state index contributed by atoms with van der Waals surface area (Å²) in [4.78, 5) is 2.39. The molecule has 1 heterocycles. The fourth-order valence-corrected chi connectivity index (χ4v) is 1.41. The molecule has 2 nitrogen and oxygen atoms in total. The van der Waals surface area contributed by atoms with E-state index in [1.807, 2.05) is 12.2 Å². The van der Waals surface area contributed by atoms with Crippen molar-refractivity contribution in [2.45, 2.75) is 6.92 Å². The van der Waals surface area contributed by atoms with E-state index in [0.717, 1.165) is 32.8 Å². The molecule has 0 aromatic rings. The molecule has 1 aliphatic rings. The molecule has 0 N–H and O–H groups in total. The van der Waals surface area contributed by atoms with E-state index in [1.54, 1.807) is 0 Å². The lowest BCUT2D eigenvalue weighted by molar-refractivity contribution is 0.0434. The zero-order valence-corrected chi connectivity index (χ0v) is 8.91. The average molecular weight is 193 g/mol. The Morgan fingerprint density at radius 1 is 1.43 bits per heavy atom. The Morgan fingerprint density at radius 2 is 2.14 bits per heavy atom. The number of hydrogen-bond donors (Lipinski definition) is 0. The normalized spacial score (nSPS) is 20.2. The van der Waals surface area contributed by atoms with E-state index in [4.69, 9.17) is 4.74 Å². The van der Waals surface area contributed by atoms with Gasteiger partial charge >= 0.3 is 0 Å². The minimum atomic E-state index is 0.870. The van der Waals surface area contributed by atoms with Gasteiger partial charge in [-0.1, -0.05) is 36.5 Å². The first-order chi connectivity index (χ1) is 6.83. The summed E-state index contributed by atoms with van der Waals surface area (Å²) in [6.07, 6.45) is 8.15. The molecule has 0 radical (unpaired) electrons. The van der Waals surface area contributed by atoms with Gasteiger partial charge in [0, 0.05) is 19.6 Å². The first kappa shape index (κ1) is 11.2. The van der Waals surface area contributed by atoms with Crippen LogP contribution in [0.15, 0.2) is 36.5 Å². The van der Waals surface area contributed by atoms with Crippen LogP contribution in [0.25, 0.3) is 0 Å². The molecule has 78 valence electrons.